The van der Waals surface area contributed by atoms with Gasteiger partial charge in [-0.05, 0) is 61.5 Å². The van der Waals surface area contributed by atoms with E-state index in [1.54, 1.807) is 12.1 Å². The number of ether oxygens (including phenoxy) is 1. The third kappa shape index (κ3) is 3.88. The van der Waals surface area contributed by atoms with Gasteiger partial charge in [-0.15, -0.1) is 0 Å². The zero-order valence-electron chi connectivity index (χ0n) is 15.1. The van der Waals surface area contributed by atoms with Crippen LogP contribution in [-0.4, -0.2) is 16.6 Å². The third-order valence-electron chi connectivity index (χ3n) is 4.20. The third-order valence-corrected chi connectivity index (χ3v) is 4.75. The minimum absolute atomic E-state index is 0.509. The van der Waals surface area contributed by atoms with Crippen molar-refractivity contribution in [3.05, 3.63) is 76.8 Å². The van der Waals surface area contributed by atoms with Crippen LogP contribution in [-0.2, 0) is 0 Å². The summed E-state index contributed by atoms with van der Waals surface area (Å²) in [4.78, 5) is 9.41. The van der Waals surface area contributed by atoms with E-state index in [-0.39, 0.29) is 0 Å². The van der Waals surface area contributed by atoms with Gasteiger partial charge in [0.05, 0.1) is 17.1 Å². The number of aromatic nitrogens is 2. The minimum Gasteiger partial charge on any atom is -0.494 e. The van der Waals surface area contributed by atoms with Crippen molar-refractivity contribution in [2.24, 2.45) is 0 Å². The summed E-state index contributed by atoms with van der Waals surface area (Å²) in [6, 6.07) is 20.9. The zero-order valence-corrected chi connectivity index (χ0v) is 16.6. The fourth-order valence-corrected chi connectivity index (χ4v) is 3.39. The first-order valence-electron chi connectivity index (χ1n) is 8.86. The first-order chi connectivity index (χ1) is 13.6. The first-order valence-corrected chi connectivity index (χ1v) is 9.61. The number of hydrogen-bond donors (Lipinski definition) is 1. The van der Waals surface area contributed by atoms with Gasteiger partial charge in [-0.2, -0.15) is 0 Å². The van der Waals surface area contributed by atoms with Crippen molar-refractivity contribution in [3.63, 3.8) is 0 Å². The maximum atomic E-state index is 6.38. The molecule has 0 saturated carbocycles. The number of rotatable bonds is 5. The number of halogens is 2. The normalized spacial score (nSPS) is 10.8. The van der Waals surface area contributed by atoms with E-state index in [0.717, 1.165) is 27.9 Å². The Kier molecular flexibility index (Phi) is 5.33. The Morgan fingerprint density at radius 1 is 0.929 bits per heavy atom. The molecule has 0 unspecified atom stereocenters. The summed E-state index contributed by atoms with van der Waals surface area (Å²) < 4.78 is 5.50. The van der Waals surface area contributed by atoms with Crippen molar-refractivity contribution < 1.29 is 4.74 Å². The van der Waals surface area contributed by atoms with Crippen molar-refractivity contribution in [1.29, 1.82) is 0 Å². The van der Waals surface area contributed by atoms with Gasteiger partial charge in [0.2, 0.25) is 0 Å². The summed E-state index contributed by atoms with van der Waals surface area (Å²) in [5.41, 5.74) is 2.46. The highest BCUT2D eigenvalue weighted by molar-refractivity contribution is 6.36. The molecule has 0 saturated heterocycles. The summed E-state index contributed by atoms with van der Waals surface area (Å²) in [5, 5.41) is 5.38. The quantitative estimate of drug-likeness (QED) is 0.396. The molecule has 3 aromatic carbocycles. The average molecular weight is 410 g/mol. The van der Waals surface area contributed by atoms with Crippen LogP contribution < -0.4 is 10.1 Å². The molecule has 0 radical (unpaired) electrons. The molecule has 0 atom stereocenters. The monoisotopic (exact) mass is 409 g/mol. The van der Waals surface area contributed by atoms with Gasteiger partial charge in [0, 0.05) is 21.7 Å². The molecule has 0 aliphatic heterocycles. The van der Waals surface area contributed by atoms with E-state index in [1.807, 2.05) is 61.5 Å². The Bertz CT molecular complexity index is 1130. The number of nitrogens with zero attached hydrogens (tertiary/aromatic N) is 2. The Morgan fingerprint density at radius 3 is 2.46 bits per heavy atom. The molecule has 0 spiro atoms. The summed E-state index contributed by atoms with van der Waals surface area (Å²) in [6.07, 6.45) is 0. The van der Waals surface area contributed by atoms with Crippen LogP contribution in [0.4, 0.5) is 11.5 Å². The van der Waals surface area contributed by atoms with Gasteiger partial charge < -0.3 is 10.1 Å². The van der Waals surface area contributed by atoms with Crippen molar-refractivity contribution >= 4 is 45.6 Å². The molecule has 0 bridgehead atoms. The number of nitrogens with one attached hydrogen (secondary N) is 1. The van der Waals surface area contributed by atoms with Crippen molar-refractivity contribution in [2.45, 2.75) is 6.92 Å². The Balaban J connectivity index is 1.78. The van der Waals surface area contributed by atoms with Gasteiger partial charge in [-0.1, -0.05) is 35.3 Å². The van der Waals surface area contributed by atoms with Gasteiger partial charge >= 0.3 is 0 Å². The van der Waals surface area contributed by atoms with Crippen LogP contribution in [0.15, 0.2) is 66.7 Å². The smallest absolute Gasteiger partial charge is 0.163 e. The fourth-order valence-electron chi connectivity index (χ4n) is 2.90. The predicted molar refractivity (Wildman–Crippen MR) is 116 cm³/mol. The molecule has 0 amide bonds. The number of benzene rings is 3. The lowest BCUT2D eigenvalue weighted by molar-refractivity contribution is 0.340. The second-order valence-corrected chi connectivity index (χ2v) is 6.96. The highest BCUT2D eigenvalue weighted by Crippen LogP contribution is 2.32. The van der Waals surface area contributed by atoms with Gasteiger partial charge in [-0.3, -0.25) is 0 Å². The second-order valence-electron chi connectivity index (χ2n) is 6.12. The van der Waals surface area contributed by atoms with E-state index >= 15 is 0 Å². The van der Waals surface area contributed by atoms with Crippen LogP contribution in [0.3, 0.4) is 0 Å². The summed E-state index contributed by atoms with van der Waals surface area (Å²) in [5.74, 6) is 2.07. The molecule has 140 valence electrons. The highest BCUT2D eigenvalue weighted by atomic mass is 35.5. The van der Waals surface area contributed by atoms with Crippen LogP contribution >= 0.6 is 23.2 Å². The molecular formula is C22H17Cl2N3O. The molecule has 28 heavy (non-hydrogen) atoms. The lowest BCUT2D eigenvalue weighted by Crippen LogP contribution is -2.00. The maximum absolute atomic E-state index is 6.38. The summed E-state index contributed by atoms with van der Waals surface area (Å²) in [6.45, 7) is 2.59. The number of fused-ring (bicyclic) bond motifs is 1. The molecule has 1 aromatic heterocycles. The van der Waals surface area contributed by atoms with Crippen LogP contribution in [0, 0.1) is 0 Å². The molecule has 1 heterocycles. The molecule has 1 N–H and O–H groups in total. The van der Waals surface area contributed by atoms with E-state index < -0.39 is 0 Å². The summed E-state index contributed by atoms with van der Waals surface area (Å²) >= 11 is 12.4. The first kappa shape index (κ1) is 18.5. The van der Waals surface area contributed by atoms with E-state index in [9.17, 15) is 0 Å². The molecule has 0 aliphatic carbocycles. The Hall–Kier alpha value is -2.82. The molecule has 6 heteroatoms. The van der Waals surface area contributed by atoms with Crippen molar-refractivity contribution in [3.8, 4) is 17.1 Å². The highest BCUT2D eigenvalue weighted by Gasteiger charge is 2.12. The topological polar surface area (TPSA) is 47.0 Å². The van der Waals surface area contributed by atoms with Crippen LogP contribution in [0.5, 0.6) is 5.75 Å². The Labute approximate surface area is 173 Å². The SMILES string of the molecule is CCOc1ccc(Nc2nc(-c3ccc(Cl)cc3Cl)nc3ccccc23)cc1. The van der Waals surface area contributed by atoms with Crippen molar-refractivity contribution in [1.82, 2.24) is 9.97 Å². The maximum Gasteiger partial charge on any atom is 0.163 e. The molecule has 4 aromatic rings. The number of anilines is 2. The van der Waals surface area contributed by atoms with E-state index in [1.165, 1.54) is 0 Å². The standard InChI is InChI=1S/C22H17Cl2N3O/c1-2-28-16-10-8-15(9-11-16)25-22-18-5-3-4-6-20(18)26-21(27-22)17-12-7-14(23)13-19(17)24/h3-13H,2H2,1H3,(H,25,26,27). The van der Waals surface area contributed by atoms with Gasteiger partial charge in [0.25, 0.3) is 0 Å². The lowest BCUT2D eigenvalue weighted by Gasteiger charge is -2.12. The molecule has 0 aliphatic rings. The largest absolute Gasteiger partial charge is 0.494 e. The van der Waals surface area contributed by atoms with Crippen LogP contribution in [0.25, 0.3) is 22.3 Å². The van der Waals surface area contributed by atoms with E-state index in [4.69, 9.17) is 32.9 Å². The van der Waals surface area contributed by atoms with Gasteiger partial charge in [-0.25, -0.2) is 9.97 Å². The van der Waals surface area contributed by atoms with Gasteiger partial charge in [0.1, 0.15) is 11.6 Å². The zero-order chi connectivity index (χ0) is 19.5. The van der Waals surface area contributed by atoms with Crippen molar-refractivity contribution in [2.75, 3.05) is 11.9 Å². The van der Waals surface area contributed by atoms with Crippen LogP contribution in [0.1, 0.15) is 6.92 Å². The predicted octanol–water partition coefficient (Wildman–Crippen LogP) is 6.75. The Morgan fingerprint density at radius 2 is 1.71 bits per heavy atom. The average Bonchev–Trinajstić information content (AvgIpc) is 2.69. The minimum atomic E-state index is 0.509. The second kappa shape index (κ2) is 8.05. The molecular weight excluding hydrogens is 393 g/mol. The lowest BCUT2D eigenvalue weighted by atomic mass is 10.1. The fraction of sp³-hybridized carbons (Fsp3) is 0.0909. The van der Waals surface area contributed by atoms with Crippen LogP contribution in [0.2, 0.25) is 10.0 Å². The molecule has 0 fully saturated rings. The number of para-hydroxylation sites is 1. The number of hydrogen-bond acceptors (Lipinski definition) is 4. The molecule has 4 nitrogen and oxygen atoms in total. The van der Waals surface area contributed by atoms with Gasteiger partial charge in [0.15, 0.2) is 5.82 Å². The summed E-state index contributed by atoms with van der Waals surface area (Å²) in [7, 11) is 0. The van der Waals surface area contributed by atoms with E-state index in [2.05, 4.69) is 10.3 Å². The van der Waals surface area contributed by atoms with E-state index in [0.29, 0.717) is 28.3 Å². The molecule has 4 rings (SSSR count).